The van der Waals surface area contributed by atoms with Crippen molar-refractivity contribution in [3.63, 3.8) is 0 Å². The third-order valence-electron chi connectivity index (χ3n) is 10.6. The predicted molar refractivity (Wildman–Crippen MR) is 278 cm³/mol. The quantitative estimate of drug-likeness (QED) is 0.0285. The fraction of sp³-hybridized carbons (Fsp3) is 0.725. The van der Waals surface area contributed by atoms with Gasteiger partial charge in [0.25, 0.3) is 0 Å². The van der Waals surface area contributed by atoms with Gasteiger partial charge in [0.15, 0.2) is 11.7 Å². The summed E-state index contributed by atoms with van der Waals surface area (Å²) in [7, 11) is 0. The molecular formula is C51H89N9O15. The van der Waals surface area contributed by atoms with E-state index in [1.807, 2.05) is 13.8 Å². The number of ketones is 1. The van der Waals surface area contributed by atoms with E-state index in [1.165, 1.54) is 0 Å². The number of rotatable bonds is 49. The number of nitrogens with one attached hydrogen (secondary N) is 5. The number of anilines is 1. The maximum absolute atomic E-state index is 13.5. The smallest absolute Gasteiger partial charge is 0.312 e. The van der Waals surface area contributed by atoms with Crippen molar-refractivity contribution in [1.82, 2.24) is 36.4 Å². The van der Waals surface area contributed by atoms with Crippen molar-refractivity contribution >= 4 is 29.3 Å². The molecule has 1 aromatic carbocycles. The van der Waals surface area contributed by atoms with Crippen molar-refractivity contribution < 1.29 is 71.8 Å². The average Bonchev–Trinajstić information content (AvgIpc) is 3.82. The van der Waals surface area contributed by atoms with E-state index >= 15 is 0 Å². The van der Waals surface area contributed by atoms with Gasteiger partial charge in [-0.1, -0.05) is 52.0 Å². The number of Topliss-reactive ketones (excluding diaryl/α,β-unsaturated/α-hetero) is 1. The number of carbonyl (C=O) groups excluding carboxylic acids is 4. The monoisotopic (exact) mass is 1070 g/mol. The molecule has 2 rings (SSSR count). The lowest BCUT2D eigenvalue weighted by molar-refractivity contribution is -0.130. The number of amides is 4. The second kappa shape index (κ2) is 42.3. The number of urea groups is 1. The first kappa shape index (κ1) is 66.3. The van der Waals surface area contributed by atoms with Crippen LogP contribution < -0.4 is 32.5 Å². The zero-order valence-electron chi connectivity index (χ0n) is 45.2. The Bertz CT molecular complexity index is 1820. The molecular weight excluding hydrogens is 979 g/mol. The minimum Gasteiger partial charge on any atom is -0.475 e. The molecule has 0 aliphatic carbocycles. The molecule has 0 aliphatic rings. The number of aromatic nitrogens is 3. The Morgan fingerprint density at radius 1 is 0.733 bits per heavy atom. The minimum absolute atomic E-state index is 0.0732. The molecule has 0 spiro atoms. The zero-order valence-corrected chi connectivity index (χ0v) is 45.2. The van der Waals surface area contributed by atoms with Crippen molar-refractivity contribution in [1.29, 1.82) is 0 Å². The van der Waals surface area contributed by atoms with Crippen LogP contribution in [0.15, 0.2) is 42.9 Å². The lowest BCUT2D eigenvalue weighted by Crippen LogP contribution is -2.45. The second-order valence-electron chi connectivity index (χ2n) is 18.9. The summed E-state index contributed by atoms with van der Waals surface area (Å²) in [6, 6.07) is 5.50. The topological polar surface area (TPSA) is 298 Å². The first-order valence-corrected chi connectivity index (χ1v) is 25.9. The first-order valence-electron chi connectivity index (χ1n) is 25.9. The first-order chi connectivity index (χ1) is 36.1. The minimum atomic E-state index is -0.840. The average molecular weight is 1070 g/mol. The number of hydrogen-bond donors (Lipinski definition) is 7. The van der Waals surface area contributed by atoms with Gasteiger partial charge >= 0.3 is 6.03 Å². The lowest BCUT2D eigenvalue weighted by atomic mass is 9.90. The van der Waals surface area contributed by atoms with E-state index in [1.54, 1.807) is 40.6 Å². The number of ether oxygens (including phenoxy) is 10. The summed E-state index contributed by atoms with van der Waals surface area (Å²) in [6.07, 6.45) is 3.72. The molecule has 0 fully saturated rings. The predicted octanol–water partition coefficient (Wildman–Crippen LogP) is 3.11. The van der Waals surface area contributed by atoms with Gasteiger partial charge in [0, 0.05) is 31.2 Å². The summed E-state index contributed by atoms with van der Waals surface area (Å²) in [5.74, 6) is -1.61. The standard InChI is InChI=1S/C51H89N9O15/c1-40(2)34-46(57-48(62)37-55-65)47(61)35-43(8-7-14-53-50(52)64)49(63)56-44-11-9-42(10-12-44)39-75-41(3)54-36-45-38-60(59-58-45)15-17-67-19-21-69-23-25-71-27-29-73-31-33-74-32-30-72-28-26-70-24-22-68-20-18-66-16-13-51(4,5)6/h9-12,38,40,43,46,54-55,65H,3,7-8,13-37,39H2,1-2,4-6H3,(H,56,63)(H,57,62)(H3,52,53,64)/t43-,46+/m1/s1. The number of benzene rings is 1. The summed E-state index contributed by atoms with van der Waals surface area (Å²) >= 11 is 0. The number of carbonyl (C=O) groups is 4. The van der Waals surface area contributed by atoms with Crippen molar-refractivity contribution in [2.45, 2.75) is 92.5 Å². The van der Waals surface area contributed by atoms with Crippen molar-refractivity contribution in [2.24, 2.45) is 23.0 Å². The van der Waals surface area contributed by atoms with E-state index in [9.17, 15) is 19.2 Å². The Labute approximate surface area is 443 Å². The largest absolute Gasteiger partial charge is 0.475 e. The van der Waals surface area contributed by atoms with Gasteiger partial charge in [0.05, 0.1) is 144 Å². The van der Waals surface area contributed by atoms with Crippen LogP contribution in [0, 0.1) is 17.3 Å². The molecule has 24 nitrogen and oxygen atoms in total. The molecule has 24 heteroatoms. The van der Waals surface area contributed by atoms with Crippen LogP contribution in [0.3, 0.4) is 0 Å². The number of hydroxylamine groups is 1. The Hall–Kier alpha value is -4.86. The molecule has 0 aliphatic heterocycles. The Morgan fingerprint density at radius 2 is 1.24 bits per heavy atom. The van der Waals surface area contributed by atoms with Crippen LogP contribution in [0.25, 0.3) is 0 Å². The van der Waals surface area contributed by atoms with Crippen LogP contribution in [0.4, 0.5) is 10.5 Å². The third-order valence-corrected chi connectivity index (χ3v) is 10.6. The molecule has 0 bridgehead atoms. The molecule has 2 atom stereocenters. The normalized spacial score (nSPS) is 12.4. The summed E-state index contributed by atoms with van der Waals surface area (Å²) in [5.41, 5.74) is 9.25. The van der Waals surface area contributed by atoms with Crippen LogP contribution in [-0.2, 0) is 81.4 Å². The molecule has 8 N–H and O–H groups in total. The molecule has 0 saturated heterocycles. The maximum atomic E-state index is 13.5. The van der Waals surface area contributed by atoms with Gasteiger partial charge < -0.3 is 79.6 Å². The van der Waals surface area contributed by atoms with Crippen molar-refractivity contribution in [3.05, 3.63) is 54.2 Å². The molecule has 1 heterocycles. The highest BCUT2D eigenvalue weighted by Gasteiger charge is 2.28. The SMILES string of the molecule is C=C(NCc1cn(CCOCCOCCOCCOCCOCCOCCOCCOCCOCCC(C)(C)C)nn1)OCc1ccc(NC(=O)[C@H](CCCNC(N)=O)CC(=O)[C@H](CC(C)C)NC(=O)CNO)cc1. The van der Waals surface area contributed by atoms with Gasteiger partial charge in [-0.25, -0.2) is 9.48 Å². The van der Waals surface area contributed by atoms with Crippen LogP contribution in [0.2, 0.25) is 0 Å². The van der Waals surface area contributed by atoms with E-state index in [4.69, 9.17) is 58.3 Å². The summed E-state index contributed by atoms with van der Waals surface area (Å²) in [5, 5.41) is 28.3. The molecule has 2 aromatic rings. The van der Waals surface area contributed by atoms with Crippen LogP contribution >= 0.6 is 0 Å². The molecule has 0 radical (unpaired) electrons. The maximum Gasteiger partial charge on any atom is 0.312 e. The van der Waals surface area contributed by atoms with E-state index < -0.39 is 23.9 Å². The molecule has 0 saturated carbocycles. The second-order valence-corrected chi connectivity index (χ2v) is 18.9. The number of hydrogen-bond acceptors (Lipinski definition) is 19. The van der Waals surface area contributed by atoms with E-state index in [-0.39, 0.29) is 55.6 Å². The van der Waals surface area contributed by atoms with Gasteiger partial charge in [-0.15, -0.1) is 5.10 Å². The van der Waals surface area contributed by atoms with E-state index in [0.717, 1.165) is 18.6 Å². The summed E-state index contributed by atoms with van der Waals surface area (Å²) in [6.45, 7) is 24.3. The lowest BCUT2D eigenvalue weighted by Gasteiger charge is -2.23. The molecule has 1 aromatic heterocycles. The highest BCUT2D eigenvalue weighted by molar-refractivity contribution is 5.97. The van der Waals surface area contributed by atoms with Gasteiger partial charge in [-0.2, -0.15) is 5.48 Å². The summed E-state index contributed by atoms with van der Waals surface area (Å²) < 4.78 is 57.4. The van der Waals surface area contributed by atoms with Gasteiger partial charge in [-0.05, 0) is 61.3 Å². The van der Waals surface area contributed by atoms with Crippen molar-refractivity contribution in [3.8, 4) is 0 Å². The Balaban J connectivity index is 1.48. The molecule has 4 amide bonds. The number of nitrogens with two attached hydrogens (primary N) is 1. The third kappa shape index (κ3) is 37.5. The van der Waals surface area contributed by atoms with E-state index in [0.29, 0.717) is 156 Å². The zero-order chi connectivity index (χ0) is 54.8. The van der Waals surface area contributed by atoms with Crippen molar-refractivity contribution in [2.75, 3.05) is 137 Å². The fourth-order valence-electron chi connectivity index (χ4n) is 6.60. The Kier molecular flexibility index (Phi) is 37.3. The molecule has 75 heavy (non-hydrogen) atoms. The molecule has 428 valence electrons. The van der Waals surface area contributed by atoms with Crippen LogP contribution in [0.5, 0.6) is 0 Å². The fourth-order valence-corrected chi connectivity index (χ4v) is 6.60. The number of primary amides is 1. The highest BCUT2D eigenvalue weighted by atomic mass is 16.6. The highest BCUT2D eigenvalue weighted by Crippen LogP contribution is 2.20. The van der Waals surface area contributed by atoms with Crippen LogP contribution in [0.1, 0.15) is 78.0 Å². The van der Waals surface area contributed by atoms with Gasteiger partial charge in [-0.3, -0.25) is 14.4 Å². The molecule has 0 unspecified atom stereocenters. The van der Waals surface area contributed by atoms with Gasteiger partial charge in [0.2, 0.25) is 11.8 Å². The summed E-state index contributed by atoms with van der Waals surface area (Å²) in [4.78, 5) is 50.2. The van der Waals surface area contributed by atoms with Crippen LogP contribution in [-0.4, -0.2) is 182 Å². The van der Waals surface area contributed by atoms with Gasteiger partial charge in [0.1, 0.15) is 12.3 Å². The Morgan fingerprint density at radius 3 is 1.72 bits per heavy atom. The number of nitrogens with zero attached hydrogens (tertiary/aromatic N) is 3. The van der Waals surface area contributed by atoms with E-state index in [2.05, 4.69) is 58.9 Å².